The predicted molar refractivity (Wildman–Crippen MR) is 168 cm³/mol. The van der Waals surface area contributed by atoms with Crippen LogP contribution in [0.5, 0.6) is 11.5 Å². The molecule has 0 unspecified atom stereocenters. The zero-order valence-electron chi connectivity index (χ0n) is 22.8. The molecule has 0 aliphatic carbocycles. The summed E-state index contributed by atoms with van der Waals surface area (Å²) in [7, 11) is 1.47. The van der Waals surface area contributed by atoms with Crippen LogP contribution in [-0.2, 0) is 0 Å². The van der Waals surface area contributed by atoms with Gasteiger partial charge >= 0.3 is 5.97 Å². The summed E-state index contributed by atoms with van der Waals surface area (Å²) in [6.07, 6.45) is 0. The highest BCUT2D eigenvalue weighted by Gasteiger charge is 2.46. The summed E-state index contributed by atoms with van der Waals surface area (Å²) in [6, 6.07) is 17.4. The lowest BCUT2D eigenvalue weighted by Crippen LogP contribution is -2.51. The Hall–Kier alpha value is -4.12. The van der Waals surface area contributed by atoms with Gasteiger partial charge in [0.1, 0.15) is 18.0 Å². The first-order valence-electron chi connectivity index (χ1n) is 12.7. The van der Waals surface area contributed by atoms with E-state index in [1.807, 2.05) is 0 Å². The number of rotatable bonds is 8. The maximum absolute atomic E-state index is 13.7. The van der Waals surface area contributed by atoms with Gasteiger partial charge in [0.2, 0.25) is 0 Å². The Morgan fingerprint density at radius 1 is 0.689 bits per heavy atom. The van der Waals surface area contributed by atoms with Crippen molar-refractivity contribution >= 4 is 87.5 Å². The topological polar surface area (TPSA) is 110 Å². The van der Waals surface area contributed by atoms with E-state index in [2.05, 4.69) is 0 Å². The van der Waals surface area contributed by atoms with Gasteiger partial charge < -0.3 is 9.47 Å². The quantitative estimate of drug-likeness (QED) is 0.0461. The van der Waals surface area contributed by atoms with Gasteiger partial charge in [0, 0.05) is 16.1 Å². The molecule has 0 aromatic heterocycles. The number of carbonyl (C=O) groups excluding carboxylic acids is 5. The molecule has 0 atom stereocenters. The maximum Gasteiger partial charge on any atom is 0.343 e. The van der Waals surface area contributed by atoms with Crippen molar-refractivity contribution in [1.29, 1.82) is 0 Å². The van der Waals surface area contributed by atoms with Crippen molar-refractivity contribution in [2.75, 3.05) is 13.7 Å². The van der Waals surface area contributed by atoms with E-state index in [1.165, 1.54) is 61.7 Å². The highest BCUT2D eigenvalue weighted by atomic mass is 35.5. The van der Waals surface area contributed by atoms with E-state index >= 15 is 0 Å². The Labute approximate surface area is 280 Å². The Morgan fingerprint density at radius 2 is 1.24 bits per heavy atom. The van der Waals surface area contributed by atoms with Crippen LogP contribution in [0.2, 0.25) is 25.1 Å². The molecular formula is C31H17Cl5N2O7. The normalized spacial score (nSPS) is 12.2. The number of methoxy groups -OCH3 is 1. The smallest absolute Gasteiger partial charge is 0.343 e. The molecule has 1 heterocycles. The lowest BCUT2D eigenvalue weighted by molar-refractivity contribution is 0.00532. The van der Waals surface area contributed by atoms with Crippen LogP contribution in [0, 0.1) is 0 Å². The first-order valence-corrected chi connectivity index (χ1v) is 14.6. The van der Waals surface area contributed by atoms with E-state index in [0.29, 0.717) is 20.8 Å². The number of hydrogen-bond donors (Lipinski definition) is 0. The van der Waals surface area contributed by atoms with Gasteiger partial charge in [-0.05, 0) is 66.7 Å². The minimum Gasteiger partial charge on any atom is -0.497 e. The fourth-order valence-corrected chi connectivity index (χ4v) is 5.52. The summed E-state index contributed by atoms with van der Waals surface area (Å²) < 4.78 is 10.5. The SMILES string of the molecule is COc1cccc(C(=O)Oc2ccc(C(=O)CN(C(=O)c3ccc(Cl)cc3)N3C(=O)c4c(Cl)c(Cl)c(Cl)c(Cl)c4C3=O)cc2)c1. The number of ketones is 1. The van der Waals surface area contributed by atoms with Crippen molar-refractivity contribution in [2.45, 2.75) is 0 Å². The molecule has 9 nitrogen and oxygen atoms in total. The monoisotopic (exact) mass is 704 g/mol. The van der Waals surface area contributed by atoms with Crippen LogP contribution >= 0.6 is 58.0 Å². The summed E-state index contributed by atoms with van der Waals surface area (Å²) in [5.74, 6) is -3.71. The molecule has 3 amide bonds. The number of benzene rings is 4. The van der Waals surface area contributed by atoms with Crippen LogP contribution < -0.4 is 9.47 Å². The lowest BCUT2D eigenvalue weighted by atomic mass is 10.1. The maximum atomic E-state index is 13.7. The largest absolute Gasteiger partial charge is 0.497 e. The first-order chi connectivity index (χ1) is 21.4. The highest BCUT2D eigenvalue weighted by Crippen LogP contribution is 2.45. The fraction of sp³-hybridized carbons (Fsp3) is 0.0645. The van der Waals surface area contributed by atoms with E-state index in [0.717, 1.165) is 0 Å². The Balaban J connectivity index is 1.44. The molecule has 0 saturated heterocycles. The van der Waals surface area contributed by atoms with Crippen LogP contribution in [0.4, 0.5) is 0 Å². The number of carbonyl (C=O) groups is 5. The molecule has 5 rings (SSSR count). The molecular weight excluding hydrogens is 690 g/mol. The third kappa shape index (κ3) is 6.22. The number of imide groups is 1. The number of ether oxygens (including phenoxy) is 2. The van der Waals surface area contributed by atoms with E-state index in [9.17, 15) is 24.0 Å². The predicted octanol–water partition coefficient (Wildman–Crippen LogP) is 7.72. The van der Waals surface area contributed by atoms with Gasteiger partial charge in [0.05, 0.1) is 43.9 Å². The lowest BCUT2D eigenvalue weighted by Gasteiger charge is -2.29. The molecule has 4 aromatic rings. The molecule has 1 aliphatic rings. The van der Waals surface area contributed by atoms with Crippen LogP contribution in [0.1, 0.15) is 51.8 Å². The summed E-state index contributed by atoms with van der Waals surface area (Å²) >= 11 is 30.7. The first kappa shape index (κ1) is 32.3. The van der Waals surface area contributed by atoms with Crippen molar-refractivity contribution in [1.82, 2.24) is 10.0 Å². The van der Waals surface area contributed by atoms with E-state index in [-0.39, 0.29) is 53.7 Å². The van der Waals surface area contributed by atoms with Gasteiger partial charge in [-0.25, -0.2) is 9.80 Å². The third-order valence-corrected chi connectivity index (χ3v) is 8.69. The molecule has 0 fully saturated rings. The summed E-state index contributed by atoms with van der Waals surface area (Å²) in [5.41, 5.74) is -0.412. The second-order valence-corrected chi connectivity index (χ2v) is 11.3. The molecule has 0 N–H and O–H groups in total. The fourth-order valence-electron chi connectivity index (χ4n) is 4.38. The minimum absolute atomic E-state index is 0.0109. The number of amides is 3. The molecule has 45 heavy (non-hydrogen) atoms. The Morgan fingerprint density at radius 3 is 1.80 bits per heavy atom. The average molecular weight is 707 g/mol. The van der Waals surface area contributed by atoms with E-state index < -0.39 is 36.0 Å². The molecule has 1 aliphatic heterocycles. The standard InChI is InChI=1S/C31H17Cl5N2O7/c1-44-20-4-2-3-17(13-20)31(43)45-19-11-7-15(8-12-19)21(39)14-37(28(40)16-5-9-18(32)10-6-16)38-29(41)22-23(30(38)42)25(34)27(36)26(35)24(22)33/h2-13H,14H2,1H3. The van der Waals surface area contributed by atoms with Crippen molar-refractivity contribution < 1.29 is 33.4 Å². The van der Waals surface area contributed by atoms with E-state index in [1.54, 1.807) is 18.2 Å². The average Bonchev–Trinajstić information content (AvgIpc) is 3.31. The number of esters is 1. The van der Waals surface area contributed by atoms with Gasteiger partial charge in [-0.15, -0.1) is 0 Å². The number of halogens is 5. The van der Waals surface area contributed by atoms with Gasteiger partial charge in [0.15, 0.2) is 5.78 Å². The molecule has 14 heteroatoms. The van der Waals surface area contributed by atoms with Crippen LogP contribution in [0.25, 0.3) is 0 Å². The molecule has 0 bridgehead atoms. The number of nitrogens with zero attached hydrogens (tertiary/aromatic N) is 2. The van der Waals surface area contributed by atoms with Gasteiger partial charge in [-0.2, -0.15) is 5.01 Å². The number of hydrazine groups is 1. The molecule has 228 valence electrons. The second kappa shape index (κ2) is 13.1. The van der Waals surface area contributed by atoms with Crippen LogP contribution in [-0.4, -0.2) is 53.1 Å². The van der Waals surface area contributed by atoms with Crippen LogP contribution in [0.3, 0.4) is 0 Å². The van der Waals surface area contributed by atoms with Gasteiger partial charge in [-0.3, -0.25) is 19.2 Å². The Kier molecular flexibility index (Phi) is 9.38. The zero-order valence-corrected chi connectivity index (χ0v) is 26.6. The zero-order chi connectivity index (χ0) is 32.6. The molecule has 0 radical (unpaired) electrons. The minimum atomic E-state index is -1.05. The molecule has 4 aromatic carbocycles. The molecule has 0 spiro atoms. The number of hydrogen-bond acceptors (Lipinski definition) is 7. The third-order valence-electron chi connectivity index (χ3n) is 6.63. The van der Waals surface area contributed by atoms with Gasteiger partial charge in [-0.1, -0.05) is 64.1 Å². The Bertz CT molecular complexity index is 1850. The number of Topliss-reactive ketones (excluding diaryl/α,β-unsaturated/α-hetero) is 1. The summed E-state index contributed by atoms with van der Waals surface area (Å²) in [4.78, 5) is 66.9. The summed E-state index contributed by atoms with van der Waals surface area (Å²) in [5, 5.41) is 0.255. The van der Waals surface area contributed by atoms with E-state index in [4.69, 9.17) is 67.5 Å². The van der Waals surface area contributed by atoms with Crippen molar-refractivity contribution in [3.05, 3.63) is 126 Å². The van der Waals surface area contributed by atoms with Crippen LogP contribution in [0.15, 0.2) is 72.8 Å². The van der Waals surface area contributed by atoms with Crippen molar-refractivity contribution in [3.63, 3.8) is 0 Å². The molecule has 0 saturated carbocycles. The number of fused-ring (bicyclic) bond motifs is 1. The highest BCUT2D eigenvalue weighted by molar-refractivity contribution is 6.55. The van der Waals surface area contributed by atoms with Gasteiger partial charge in [0.25, 0.3) is 17.7 Å². The van der Waals surface area contributed by atoms with Crippen molar-refractivity contribution in [2.24, 2.45) is 0 Å². The second-order valence-electron chi connectivity index (χ2n) is 9.37. The summed E-state index contributed by atoms with van der Waals surface area (Å²) in [6.45, 7) is -0.771. The van der Waals surface area contributed by atoms with Crippen molar-refractivity contribution in [3.8, 4) is 11.5 Å².